The fourth-order valence-electron chi connectivity index (χ4n) is 3.24. The second kappa shape index (κ2) is 8.43. The molecule has 0 atom stereocenters. The van der Waals surface area contributed by atoms with Crippen molar-refractivity contribution in [1.29, 1.82) is 0 Å². The molecule has 1 aliphatic carbocycles. The number of aliphatic hydroxyl groups is 1. The van der Waals surface area contributed by atoms with Crippen LogP contribution in [-0.4, -0.2) is 48.2 Å². The number of amides is 1. The molecule has 0 aliphatic heterocycles. The van der Waals surface area contributed by atoms with Crippen LogP contribution in [0.25, 0.3) is 11.3 Å². The topological polar surface area (TPSA) is 103 Å². The Morgan fingerprint density at radius 3 is 2.50 bits per heavy atom. The van der Waals surface area contributed by atoms with E-state index >= 15 is 0 Å². The summed E-state index contributed by atoms with van der Waals surface area (Å²) in [6.45, 7) is 0.252. The van der Waals surface area contributed by atoms with Crippen molar-refractivity contribution in [1.82, 2.24) is 15.1 Å². The van der Waals surface area contributed by atoms with Gasteiger partial charge in [-0.3, -0.25) is 9.59 Å². The minimum atomic E-state index is -0.426. The molecule has 1 aromatic heterocycles. The zero-order valence-corrected chi connectivity index (χ0v) is 16.1. The molecule has 1 aliphatic rings. The lowest BCUT2D eigenvalue weighted by atomic mass is 9.69. The molecule has 1 fully saturated rings. The number of carbonyl (C=O) groups is 1. The molecule has 1 amide bonds. The van der Waals surface area contributed by atoms with Crippen molar-refractivity contribution in [2.75, 3.05) is 27.4 Å². The van der Waals surface area contributed by atoms with Crippen molar-refractivity contribution >= 4 is 5.91 Å². The van der Waals surface area contributed by atoms with E-state index in [0.29, 0.717) is 23.7 Å². The molecule has 0 bridgehead atoms. The van der Waals surface area contributed by atoms with Gasteiger partial charge in [-0.05, 0) is 37.1 Å². The zero-order valence-electron chi connectivity index (χ0n) is 16.1. The molecule has 2 N–H and O–H groups in total. The van der Waals surface area contributed by atoms with E-state index in [4.69, 9.17) is 9.47 Å². The van der Waals surface area contributed by atoms with Crippen LogP contribution in [0, 0.1) is 5.41 Å². The fourth-order valence-corrected chi connectivity index (χ4v) is 3.24. The highest BCUT2D eigenvalue weighted by Crippen LogP contribution is 2.39. The van der Waals surface area contributed by atoms with Crippen molar-refractivity contribution in [3.05, 3.63) is 40.7 Å². The summed E-state index contributed by atoms with van der Waals surface area (Å²) < 4.78 is 11.6. The van der Waals surface area contributed by atoms with E-state index in [1.165, 1.54) is 13.2 Å². The third-order valence-corrected chi connectivity index (χ3v) is 5.25. The van der Waals surface area contributed by atoms with Gasteiger partial charge in [0.25, 0.3) is 5.56 Å². The van der Waals surface area contributed by atoms with Gasteiger partial charge in [0.05, 0.1) is 20.8 Å². The van der Waals surface area contributed by atoms with Gasteiger partial charge >= 0.3 is 0 Å². The molecule has 150 valence electrons. The lowest BCUT2D eigenvalue weighted by molar-refractivity contribution is -0.123. The first kappa shape index (κ1) is 19.9. The first-order chi connectivity index (χ1) is 13.5. The second-order valence-corrected chi connectivity index (χ2v) is 7.07. The van der Waals surface area contributed by atoms with Gasteiger partial charge in [-0.15, -0.1) is 0 Å². The second-order valence-electron chi connectivity index (χ2n) is 7.07. The number of hydrogen-bond acceptors (Lipinski definition) is 6. The normalized spacial score (nSPS) is 14.8. The van der Waals surface area contributed by atoms with E-state index in [9.17, 15) is 14.7 Å². The Morgan fingerprint density at radius 2 is 1.96 bits per heavy atom. The van der Waals surface area contributed by atoms with E-state index in [-0.39, 0.29) is 24.5 Å². The molecular weight excluding hydrogens is 362 g/mol. The maximum Gasteiger partial charge on any atom is 0.270 e. The molecular formula is C20H25N3O5. The van der Waals surface area contributed by atoms with Gasteiger partial charge in [-0.25, -0.2) is 4.68 Å². The maximum absolute atomic E-state index is 12.3. The van der Waals surface area contributed by atoms with Crippen LogP contribution in [0.2, 0.25) is 0 Å². The van der Waals surface area contributed by atoms with E-state index in [1.807, 2.05) is 0 Å². The average Bonchev–Trinajstić information content (AvgIpc) is 2.69. The van der Waals surface area contributed by atoms with Gasteiger partial charge < -0.3 is 19.9 Å². The van der Waals surface area contributed by atoms with E-state index < -0.39 is 5.56 Å². The van der Waals surface area contributed by atoms with Crippen LogP contribution in [0.4, 0.5) is 0 Å². The van der Waals surface area contributed by atoms with Crippen LogP contribution in [0.15, 0.2) is 35.1 Å². The molecule has 1 aromatic carbocycles. The van der Waals surface area contributed by atoms with Gasteiger partial charge in [0.1, 0.15) is 18.0 Å². The molecule has 1 saturated carbocycles. The Balaban J connectivity index is 1.78. The first-order valence-electron chi connectivity index (χ1n) is 9.18. The van der Waals surface area contributed by atoms with Crippen LogP contribution in [0.5, 0.6) is 11.5 Å². The molecule has 8 heteroatoms. The molecule has 28 heavy (non-hydrogen) atoms. The van der Waals surface area contributed by atoms with Crippen molar-refractivity contribution in [2.24, 2.45) is 5.41 Å². The Bertz CT molecular complexity index is 882. The molecule has 0 unspecified atom stereocenters. The molecule has 0 radical (unpaired) electrons. The van der Waals surface area contributed by atoms with Gasteiger partial charge in [-0.2, -0.15) is 5.10 Å². The zero-order chi connectivity index (χ0) is 20.1. The predicted molar refractivity (Wildman–Crippen MR) is 103 cm³/mol. The van der Waals surface area contributed by atoms with E-state index in [1.54, 1.807) is 31.4 Å². The number of hydrogen-bond donors (Lipinski definition) is 2. The van der Waals surface area contributed by atoms with Gasteiger partial charge in [0.2, 0.25) is 5.91 Å². The molecule has 1 heterocycles. The van der Waals surface area contributed by atoms with Crippen LogP contribution >= 0.6 is 0 Å². The van der Waals surface area contributed by atoms with Crippen LogP contribution in [-0.2, 0) is 11.3 Å². The largest absolute Gasteiger partial charge is 0.497 e. The molecule has 0 saturated heterocycles. The lowest BCUT2D eigenvalue weighted by Crippen LogP contribution is -2.46. The molecule has 3 rings (SSSR count). The monoisotopic (exact) mass is 387 g/mol. The predicted octanol–water partition coefficient (Wildman–Crippen LogP) is 1.21. The Morgan fingerprint density at radius 1 is 1.25 bits per heavy atom. The Hall–Kier alpha value is -2.87. The summed E-state index contributed by atoms with van der Waals surface area (Å²) in [4.78, 5) is 24.6. The smallest absolute Gasteiger partial charge is 0.270 e. The number of ether oxygens (including phenoxy) is 2. The number of rotatable bonds is 8. The maximum atomic E-state index is 12.3. The van der Waals surface area contributed by atoms with Crippen molar-refractivity contribution in [3.63, 3.8) is 0 Å². The summed E-state index contributed by atoms with van der Waals surface area (Å²) in [7, 11) is 3.05. The molecule has 8 nitrogen and oxygen atoms in total. The molecule has 2 aromatic rings. The summed E-state index contributed by atoms with van der Waals surface area (Å²) in [5.41, 5.74) is 0.552. The summed E-state index contributed by atoms with van der Waals surface area (Å²) in [6.07, 6.45) is 2.85. The summed E-state index contributed by atoms with van der Waals surface area (Å²) >= 11 is 0. The number of carbonyl (C=O) groups excluding carboxylic acids is 1. The third kappa shape index (κ3) is 4.17. The summed E-state index contributed by atoms with van der Waals surface area (Å²) in [5, 5.41) is 16.6. The van der Waals surface area contributed by atoms with Gasteiger partial charge in [-0.1, -0.05) is 6.42 Å². The SMILES string of the molecule is COc1ccc(-c2nn(CC(=O)NCC3(CO)CCC3)c(=O)cc2OC)cc1. The highest BCUT2D eigenvalue weighted by molar-refractivity contribution is 5.76. The van der Waals surface area contributed by atoms with E-state index in [0.717, 1.165) is 29.5 Å². The van der Waals surface area contributed by atoms with Crippen molar-refractivity contribution in [2.45, 2.75) is 25.8 Å². The lowest BCUT2D eigenvalue weighted by Gasteiger charge is -2.40. The molecule has 0 spiro atoms. The van der Waals surface area contributed by atoms with Crippen molar-refractivity contribution in [3.8, 4) is 22.8 Å². The van der Waals surface area contributed by atoms with Gasteiger partial charge in [0.15, 0.2) is 5.75 Å². The number of aromatic nitrogens is 2. The standard InChI is InChI=1S/C20H25N3O5/c1-27-15-6-4-14(5-7-15)19-16(28-2)10-18(26)23(22-19)11-17(25)21-12-20(13-24)8-3-9-20/h4-7,10,24H,3,8-9,11-13H2,1-2H3,(H,21,25). The Kier molecular flexibility index (Phi) is 5.99. The number of nitrogens with zero attached hydrogens (tertiary/aromatic N) is 2. The number of benzene rings is 1. The highest BCUT2D eigenvalue weighted by atomic mass is 16.5. The number of nitrogens with one attached hydrogen (secondary N) is 1. The minimum Gasteiger partial charge on any atom is -0.497 e. The number of aliphatic hydroxyl groups excluding tert-OH is 1. The van der Waals surface area contributed by atoms with E-state index in [2.05, 4.69) is 10.4 Å². The third-order valence-electron chi connectivity index (χ3n) is 5.25. The first-order valence-corrected chi connectivity index (χ1v) is 9.18. The Labute approximate surface area is 163 Å². The highest BCUT2D eigenvalue weighted by Gasteiger charge is 2.36. The summed E-state index contributed by atoms with van der Waals surface area (Å²) in [6, 6.07) is 8.50. The van der Waals surface area contributed by atoms with Crippen LogP contribution in [0.3, 0.4) is 0 Å². The van der Waals surface area contributed by atoms with Crippen LogP contribution < -0.4 is 20.3 Å². The van der Waals surface area contributed by atoms with Gasteiger partial charge in [0, 0.05) is 23.6 Å². The van der Waals surface area contributed by atoms with Crippen LogP contribution in [0.1, 0.15) is 19.3 Å². The number of methoxy groups -OCH3 is 2. The van der Waals surface area contributed by atoms with Crippen molar-refractivity contribution < 1.29 is 19.4 Å². The summed E-state index contributed by atoms with van der Waals surface area (Å²) in [5.74, 6) is 0.713. The fraction of sp³-hybridized carbons (Fsp3) is 0.450. The average molecular weight is 387 g/mol. The minimum absolute atomic E-state index is 0.0512. The quantitative estimate of drug-likeness (QED) is 0.706.